The lowest BCUT2D eigenvalue weighted by molar-refractivity contribution is 0.0694. The maximum Gasteiger partial charge on any atom is 0.341 e. The molecule has 3 rings (SSSR count). The SMILES string of the molecule is Cc1c(C(=O)O)c(=O)n(C)c2cc3c(cc12)OCCO3. The van der Waals surface area contributed by atoms with E-state index in [-0.39, 0.29) is 5.56 Å². The largest absolute Gasteiger partial charge is 0.486 e. The minimum atomic E-state index is -1.22. The molecule has 1 aliphatic heterocycles. The molecule has 1 N–H and O–H groups in total. The van der Waals surface area contributed by atoms with E-state index >= 15 is 0 Å². The number of rotatable bonds is 1. The number of ether oxygens (including phenoxy) is 2. The summed E-state index contributed by atoms with van der Waals surface area (Å²) in [5, 5.41) is 9.87. The normalized spacial score (nSPS) is 13.5. The average Bonchev–Trinajstić information content (AvgIpc) is 2.43. The van der Waals surface area contributed by atoms with E-state index in [0.717, 1.165) is 0 Å². The maximum absolute atomic E-state index is 12.1. The minimum Gasteiger partial charge on any atom is -0.486 e. The zero-order valence-electron chi connectivity index (χ0n) is 11.1. The van der Waals surface area contributed by atoms with Gasteiger partial charge in [0, 0.05) is 18.5 Å². The van der Waals surface area contributed by atoms with Crippen molar-refractivity contribution in [3.63, 3.8) is 0 Å². The molecule has 20 heavy (non-hydrogen) atoms. The second kappa shape index (κ2) is 4.26. The van der Waals surface area contributed by atoms with Crippen molar-refractivity contribution in [3.05, 3.63) is 33.6 Å². The van der Waals surface area contributed by atoms with Crippen molar-refractivity contribution in [2.75, 3.05) is 13.2 Å². The molecule has 6 nitrogen and oxygen atoms in total. The Morgan fingerprint density at radius 1 is 1.25 bits per heavy atom. The highest BCUT2D eigenvalue weighted by Crippen LogP contribution is 2.35. The van der Waals surface area contributed by atoms with Gasteiger partial charge in [-0.25, -0.2) is 4.79 Å². The second-order valence-corrected chi connectivity index (χ2v) is 4.68. The third-order valence-electron chi connectivity index (χ3n) is 3.53. The van der Waals surface area contributed by atoms with Crippen LogP contribution in [0.25, 0.3) is 10.9 Å². The number of hydrogen-bond acceptors (Lipinski definition) is 4. The predicted molar refractivity (Wildman–Crippen MR) is 71.9 cm³/mol. The maximum atomic E-state index is 12.1. The van der Waals surface area contributed by atoms with Crippen LogP contribution in [0.1, 0.15) is 15.9 Å². The summed E-state index contributed by atoms with van der Waals surface area (Å²) in [6.07, 6.45) is 0. The standard InChI is InChI=1S/C14H13NO5/c1-7-8-5-10-11(20-4-3-19-10)6-9(8)15(2)13(16)12(7)14(17)18/h5-6H,3-4H2,1-2H3,(H,17,18). The van der Waals surface area contributed by atoms with Gasteiger partial charge in [0.1, 0.15) is 18.8 Å². The van der Waals surface area contributed by atoms with Crippen LogP contribution in [0.5, 0.6) is 11.5 Å². The highest BCUT2D eigenvalue weighted by Gasteiger charge is 2.21. The Morgan fingerprint density at radius 2 is 1.85 bits per heavy atom. The van der Waals surface area contributed by atoms with E-state index in [0.29, 0.717) is 41.2 Å². The molecule has 0 bridgehead atoms. The van der Waals surface area contributed by atoms with Crippen molar-refractivity contribution in [2.24, 2.45) is 7.05 Å². The molecule has 0 radical (unpaired) electrons. The Bertz CT molecular complexity index is 790. The Hall–Kier alpha value is -2.50. The van der Waals surface area contributed by atoms with Crippen LogP contribution in [0.3, 0.4) is 0 Å². The first-order valence-corrected chi connectivity index (χ1v) is 6.17. The van der Waals surface area contributed by atoms with E-state index in [1.54, 1.807) is 26.1 Å². The van der Waals surface area contributed by atoms with Crippen LogP contribution in [0, 0.1) is 6.92 Å². The number of fused-ring (bicyclic) bond motifs is 2. The summed E-state index contributed by atoms with van der Waals surface area (Å²) in [5.74, 6) is -0.0806. The first-order chi connectivity index (χ1) is 9.50. The fourth-order valence-electron chi connectivity index (χ4n) is 2.48. The first-order valence-electron chi connectivity index (χ1n) is 6.17. The van der Waals surface area contributed by atoms with Gasteiger partial charge >= 0.3 is 5.97 Å². The molecule has 1 aromatic heterocycles. The van der Waals surface area contributed by atoms with Crippen LogP contribution in [0.2, 0.25) is 0 Å². The average molecular weight is 275 g/mol. The van der Waals surface area contributed by atoms with Crippen LogP contribution < -0.4 is 15.0 Å². The summed E-state index contributed by atoms with van der Waals surface area (Å²) < 4.78 is 12.3. The van der Waals surface area contributed by atoms with Crippen molar-refractivity contribution < 1.29 is 19.4 Å². The number of nitrogens with zero attached hydrogens (tertiary/aromatic N) is 1. The molecule has 0 spiro atoms. The number of aromatic carboxylic acids is 1. The molecular weight excluding hydrogens is 262 g/mol. The van der Waals surface area contributed by atoms with Crippen LogP contribution in [-0.4, -0.2) is 28.9 Å². The fraction of sp³-hybridized carbons (Fsp3) is 0.286. The zero-order valence-corrected chi connectivity index (χ0v) is 11.1. The summed E-state index contributed by atoms with van der Waals surface area (Å²) in [5.41, 5.74) is 0.324. The first kappa shape index (κ1) is 12.5. The highest BCUT2D eigenvalue weighted by molar-refractivity contribution is 5.97. The molecule has 0 amide bonds. The van der Waals surface area contributed by atoms with Crippen LogP contribution in [0.15, 0.2) is 16.9 Å². The van der Waals surface area contributed by atoms with Gasteiger partial charge in [0.15, 0.2) is 11.5 Å². The molecule has 0 unspecified atom stereocenters. The van der Waals surface area contributed by atoms with Crippen molar-refractivity contribution in [2.45, 2.75) is 6.92 Å². The van der Waals surface area contributed by atoms with Gasteiger partial charge in [-0.1, -0.05) is 0 Å². The number of aryl methyl sites for hydroxylation is 2. The lowest BCUT2D eigenvalue weighted by Crippen LogP contribution is -2.26. The third kappa shape index (κ3) is 1.65. The van der Waals surface area contributed by atoms with Gasteiger partial charge in [-0.15, -0.1) is 0 Å². The molecule has 0 aliphatic carbocycles. The lowest BCUT2D eigenvalue weighted by atomic mass is 10.0. The quantitative estimate of drug-likeness (QED) is 0.849. The molecule has 1 aromatic carbocycles. The second-order valence-electron chi connectivity index (χ2n) is 4.68. The van der Waals surface area contributed by atoms with Crippen LogP contribution >= 0.6 is 0 Å². The topological polar surface area (TPSA) is 77.8 Å². The molecule has 6 heteroatoms. The van der Waals surface area contributed by atoms with Gasteiger partial charge in [-0.2, -0.15) is 0 Å². The number of carboxylic acid groups (broad SMARTS) is 1. The van der Waals surface area contributed by atoms with Gasteiger partial charge < -0.3 is 19.1 Å². The number of benzene rings is 1. The number of carbonyl (C=O) groups is 1. The molecule has 0 saturated carbocycles. The summed E-state index contributed by atoms with van der Waals surface area (Å²) in [6.45, 7) is 2.54. The van der Waals surface area contributed by atoms with E-state index in [1.807, 2.05) is 0 Å². The van der Waals surface area contributed by atoms with Crippen LogP contribution in [0.4, 0.5) is 0 Å². The smallest absolute Gasteiger partial charge is 0.341 e. The summed E-state index contributed by atoms with van der Waals surface area (Å²) in [6, 6.07) is 3.44. The number of aromatic nitrogens is 1. The molecule has 104 valence electrons. The number of carboxylic acids is 1. The summed E-state index contributed by atoms with van der Waals surface area (Å²) in [4.78, 5) is 23.4. The molecule has 2 aromatic rings. The Balaban J connectivity index is 2.44. The fourth-order valence-corrected chi connectivity index (χ4v) is 2.48. The van der Waals surface area contributed by atoms with Gasteiger partial charge in [-0.3, -0.25) is 4.79 Å². The van der Waals surface area contributed by atoms with Gasteiger partial charge in [-0.05, 0) is 18.6 Å². The van der Waals surface area contributed by atoms with Crippen LogP contribution in [-0.2, 0) is 7.05 Å². The molecular formula is C14H13NO5. The Kier molecular flexibility index (Phi) is 2.67. The van der Waals surface area contributed by atoms with E-state index in [9.17, 15) is 14.7 Å². The third-order valence-corrected chi connectivity index (χ3v) is 3.53. The Morgan fingerprint density at radius 3 is 2.45 bits per heavy atom. The number of pyridine rings is 1. The van der Waals surface area contributed by atoms with Crippen molar-refractivity contribution in [1.29, 1.82) is 0 Å². The molecule has 0 atom stereocenters. The minimum absolute atomic E-state index is 0.211. The van der Waals surface area contributed by atoms with Crippen molar-refractivity contribution in [1.82, 2.24) is 4.57 Å². The van der Waals surface area contributed by atoms with Gasteiger partial charge in [0.2, 0.25) is 0 Å². The number of hydrogen-bond donors (Lipinski definition) is 1. The van der Waals surface area contributed by atoms with E-state index in [4.69, 9.17) is 9.47 Å². The van der Waals surface area contributed by atoms with E-state index < -0.39 is 11.5 Å². The predicted octanol–water partition coefficient (Wildman–Crippen LogP) is 1.32. The zero-order chi connectivity index (χ0) is 14.4. The molecule has 2 heterocycles. The molecule has 0 saturated heterocycles. The monoisotopic (exact) mass is 275 g/mol. The van der Waals surface area contributed by atoms with Crippen molar-refractivity contribution >= 4 is 16.9 Å². The van der Waals surface area contributed by atoms with E-state index in [1.165, 1.54) is 4.57 Å². The van der Waals surface area contributed by atoms with Gasteiger partial charge in [0.25, 0.3) is 5.56 Å². The Labute approximate surface area is 114 Å². The highest BCUT2D eigenvalue weighted by atomic mass is 16.6. The summed E-state index contributed by atoms with van der Waals surface area (Å²) >= 11 is 0. The molecule has 0 fully saturated rings. The van der Waals surface area contributed by atoms with E-state index in [2.05, 4.69) is 0 Å². The molecule has 1 aliphatic rings. The van der Waals surface area contributed by atoms with Gasteiger partial charge in [0.05, 0.1) is 5.52 Å². The summed E-state index contributed by atoms with van der Waals surface area (Å²) in [7, 11) is 1.55. The lowest BCUT2D eigenvalue weighted by Gasteiger charge is -2.20. The van der Waals surface area contributed by atoms with Crippen molar-refractivity contribution in [3.8, 4) is 11.5 Å².